The van der Waals surface area contributed by atoms with Gasteiger partial charge in [-0.1, -0.05) is 0 Å². The highest BCUT2D eigenvalue weighted by Crippen LogP contribution is 2.24. The van der Waals surface area contributed by atoms with Gasteiger partial charge in [-0.05, 0) is 38.6 Å². The fourth-order valence-electron chi connectivity index (χ4n) is 3.37. The molecular formula is C18H26N6. The zero-order chi connectivity index (χ0) is 16.9. The Hall–Kier alpha value is -2.08. The Labute approximate surface area is 144 Å². The first-order valence-corrected chi connectivity index (χ1v) is 8.59. The fourth-order valence-corrected chi connectivity index (χ4v) is 3.37. The first-order valence-electron chi connectivity index (χ1n) is 8.59. The normalized spacial score (nSPS) is 18.5. The monoisotopic (exact) mass is 326 g/mol. The molecule has 0 N–H and O–H groups in total. The molecule has 6 heteroatoms. The lowest BCUT2D eigenvalue weighted by Gasteiger charge is -2.33. The highest BCUT2D eigenvalue weighted by atomic mass is 15.2. The molecule has 1 atom stereocenters. The molecule has 0 radical (unpaired) electrons. The number of nitrogens with zero attached hydrogens (tertiary/aromatic N) is 6. The lowest BCUT2D eigenvalue weighted by atomic mass is 9.93. The number of aryl methyl sites for hydroxylation is 1. The lowest BCUT2D eigenvalue weighted by molar-refractivity contribution is 0.166. The molecule has 0 saturated carbocycles. The largest absolute Gasteiger partial charge is 0.361 e. The van der Waals surface area contributed by atoms with Crippen LogP contribution in [0, 0.1) is 12.8 Å². The van der Waals surface area contributed by atoms with E-state index in [0.29, 0.717) is 5.92 Å². The van der Waals surface area contributed by atoms with Crippen LogP contribution < -0.4 is 4.90 Å². The van der Waals surface area contributed by atoms with E-state index in [1.807, 2.05) is 38.3 Å². The average Bonchev–Trinajstić information content (AvgIpc) is 2.58. The molecule has 1 saturated heterocycles. The molecule has 1 aliphatic heterocycles. The number of rotatable bonds is 5. The van der Waals surface area contributed by atoms with Gasteiger partial charge in [-0.2, -0.15) is 0 Å². The zero-order valence-corrected chi connectivity index (χ0v) is 14.8. The topological polar surface area (TPSA) is 58.0 Å². The van der Waals surface area contributed by atoms with Crippen molar-refractivity contribution < 1.29 is 0 Å². The van der Waals surface area contributed by atoms with Crippen LogP contribution in [-0.4, -0.2) is 52.0 Å². The van der Waals surface area contributed by atoms with Crippen molar-refractivity contribution in [2.45, 2.75) is 32.7 Å². The number of piperidine rings is 1. The molecule has 1 aliphatic rings. The second kappa shape index (κ2) is 7.66. The van der Waals surface area contributed by atoms with Crippen LogP contribution in [0.15, 0.2) is 24.8 Å². The van der Waals surface area contributed by atoms with Crippen LogP contribution in [0.1, 0.15) is 29.9 Å². The van der Waals surface area contributed by atoms with Crippen molar-refractivity contribution in [3.05, 3.63) is 41.9 Å². The standard InChI is InChI=1S/C18H26N6/c1-14-21-10-16(11-22-14)13-24-8-4-5-15(12-24)9-17-18(23(2)3)20-7-6-19-17/h6-7,10-11,15H,4-5,8-9,12-13H2,1-3H3/t15-/m0/s1. The number of hydrogen-bond donors (Lipinski definition) is 0. The van der Waals surface area contributed by atoms with E-state index < -0.39 is 0 Å². The van der Waals surface area contributed by atoms with Gasteiger partial charge in [-0.25, -0.2) is 15.0 Å². The lowest BCUT2D eigenvalue weighted by Crippen LogP contribution is -2.36. The van der Waals surface area contributed by atoms with Gasteiger partial charge in [0.2, 0.25) is 0 Å². The van der Waals surface area contributed by atoms with E-state index in [0.717, 1.165) is 43.4 Å². The van der Waals surface area contributed by atoms with E-state index in [1.165, 1.54) is 18.4 Å². The van der Waals surface area contributed by atoms with E-state index >= 15 is 0 Å². The first kappa shape index (κ1) is 16.8. The van der Waals surface area contributed by atoms with Crippen LogP contribution in [0.2, 0.25) is 0 Å². The van der Waals surface area contributed by atoms with Crippen molar-refractivity contribution in [2.24, 2.45) is 5.92 Å². The summed E-state index contributed by atoms with van der Waals surface area (Å²) < 4.78 is 0. The van der Waals surface area contributed by atoms with Crippen LogP contribution in [0.25, 0.3) is 0 Å². The van der Waals surface area contributed by atoms with Gasteiger partial charge in [0.15, 0.2) is 0 Å². The van der Waals surface area contributed by atoms with E-state index in [4.69, 9.17) is 0 Å². The third kappa shape index (κ3) is 4.26. The number of aromatic nitrogens is 4. The second-order valence-electron chi connectivity index (χ2n) is 6.81. The molecule has 3 rings (SSSR count). The molecule has 6 nitrogen and oxygen atoms in total. The minimum absolute atomic E-state index is 0.625. The molecule has 1 fully saturated rings. The molecule has 0 bridgehead atoms. The van der Waals surface area contributed by atoms with Crippen LogP contribution in [-0.2, 0) is 13.0 Å². The quantitative estimate of drug-likeness (QED) is 0.838. The maximum atomic E-state index is 4.57. The minimum atomic E-state index is 0.625. The van der Waals surface area contributed by atoms with E-state index in [2.05, 4.69) is 24.8 Å². The molecule has 0 amide bonds. The van der Waals surface area contributed by atoms with Gasteiger partial charge >= 0.3 is 0 Å². The number of likely N-dealkylation sites (tertiary alicyclic amines) is 1. The molecule has 0 aliphatic carbocycles. The van der Waals surface area contributed by atoms with Gasteiger partial charge < -0.3 is 4.90 Å². The SMILES string of the molecule is Cc1ncc(CN2CCC[C@@H](Cc3nccnc3N(C)C)C2)cn1. The Morgan fingerprint density at radius 3 is 2.62 bits per heavy atom. The van der Waals surface area contributed by atoms with Crippen LogP contribution in [0.5, 0.6) is 0 Å². The Balaban J connectivity index is 1.62. The summed E-state index contributed by atoms with van der Waals surface area (Å²) in [6, 6.07) is 0. The van der Waals surface area contributed by atoms with Crippen LogP contribution in [0.4, 0.5) is 5.82 Å². The maximum absolute atomic E-state index is 4.57. The fraction of sp³-hybridized carbons (Fsp3) is 0.556. The summed E-state index contributed by atoms with van der Waals surface area (Å²) in [5.41, 5.74) is 2.29. The van der Waals surface area contributed by atoms with Gasteiger partial charge in [-0.3, -0.25) is 9.88 Å². The molecule has 2 aromatic rings. The summed E-state index contributed by atoms with van der Waals surface area (Å²) >= 11 is 0. The van der Waals surface area contributed by atoms with Gasteiger partial charge in [0.25, 0.3) is 0 Å². The average molecular weight is 326 g/mol. The molecule has 0 aromatic carbocycles. The highest BCUT2D eigenvalue weighted by molar-refractivity contribution is 5.41. The van der Waals surface area contributed by atoms with E-state index in [9.17, 15) is 0 Å². The molecule has 0 spiro atoms. The summed E-state index contributed by atoms with van der Waals surface area (Å²) in [5.74, 6) is 2.44. The Morgan fingerprint density at radius 1 is 1.12 bits per heavy atom. The van der Waals surface area contributed by atoms with Gasteiger partial charge in [-0.15, -0.1) is 0 Å². The van der Waals surface area contributed by atoms with Crippen molar-refractivity contribution >= 4 is 5.82 Å². The van der Waals surface area contributed by atoms with Gasteiger partial charge in [0, 0.05) is 57.5 Å². The third-order valence-electron chi connectivity index (χ3n) is 4.50. The molecule has 24 heavy (non-hydrogen) atoms. The third-order valence-corrected chi connectivity index (χ3v) is 4.50. The van der Waals surface area contributed by atoms with Crippen LogP contribution >= 0.6 is 0 Å². The number of hydrogen-bond acceptors (Lipinski definition) is 6. The predicted molar refractivity (Wildman–Crippen MR) is 94.8 cm³/mol. The maximum Gasteiger partial charge on any atom is 0.149 e. The molecule has 3 heterocycles. The van der Waals surface area contributed by atoms with Crippen LogP contribution in [0.3, 0.4) is 0 Å². The Morgan fingerprint density at radius 2 is 1.88 bits per heavy atom. The molecule has 128 valence electrons. The molecular weight excluding hydrogens is 300 g/mol. The van der Waals surface area contributed by atoms with E-state index in [1.54, 1.807) is 12.4 Å². The second-order valence-corrected chi connectivity index (χ2v) is 6.81. The zero-order valence-electron chi connectivity index (χ0n) is 14.8. The van der Waals surface area contributed by atoms with Gasteiger partial charge in [0.1, 0.15) is 11.6 Å². The number of anilines is 1. The predicted octanol–water partition coefficient (Wildman–Crippen LogP) is 2.10. The van der Waals surface area contributed by atoms with Crippen molar-refractivity contribution in [1.29, 1.82) is 0 Å². The summed E-state index contributed by atoms with van der Waals surface area (Å²) in [4.78, 5) is 22.2. The van der Waals surface area contributed by atoms with Crippen molar-refractivity contribution in [3.63, 3.8) is 0 Å². The van der Waals surface area contributed by atoms with Gasteiger partial charge in [0.05, 0.1) is 5.69 Å². The molecule has 0 unspecified atom stereocenters. The highest BCUT2D eigenvalue weighted by Gasteiger charge is 2.22. The van der Waals surface area contributed by atoms with Crippen molar-refractivity contribution in [2.75, 3.05) is 32.1 Å². The van der Waals surface area contributed by atoms with Crippen molar-refractivity contribution in [3.8, 4) is 0 Å². The summed E-state index contributed by atoms with van der Waals surface area (Å²) in [5, 5.41) is 0. The minimum Gasteiger partial charge on any atom is -0.361 e. The van der Waals surface area contributed by atoms with E-state index in [-0.39, 0.29) is 0 Å². The smallest absolute Gasteiger partial charge is 0.149 e. The first-order chi connectivity index (χ1) is 11.6. The Kier molecular flexibility index (Phi) is 5.35. The Bertz CT molecular complexity index is 655. The van der Waals surface area contributed by atoms with Crippen molar-refractivity contribution in [1.82, 2.24) is 24.8 Å². The summed E-state index contributed by atoms with van der Waals surface area (Å²) in [6.07, 6.45) is 10.9. The summed E-state index contributed by atoms with van der Waals surface area (Å²) in [7, 11) is 4.05. The molecule has 2 aromatic heterocycles. The summed E-state index contributed by atoms with van der Waals surface area (Å²) in [6.45, 7) is 5.09.